The number of para-hydroxylation sites is 1. The lowest BCUT2D eigenvalue weighted by Gasteiger charge is -2.25. The number of hydrogen-bond donors (Lipinski definition) is 0. The second-order valence-electron chi connectivity index (χ2n) is 6.07. The molecular formula is C19H19N5S. The molecule has 0 spiro atoms. The van der Waals surface area contributed by atoms with E-state index in [-0.39, 0.29) is 0 Å². The standard InChI is InChI=1S/C19H19N5S/c25-19-23(20-21-24(19)18-9-5-2-6-10-18)15-22-13-11-17(12-14-22)16-7-3-1-4-8-16/h1-11H,12-15H2. The van der Waals surface area contributed by atoms with E-state index in [0.717, 1.165) is 25.2 Å². The zero-order chi connectivity index (χ0) is 17.1. The Morgan fingerprint density at radius 1 is 0.920 bits per heavy atom. The highest BCUT2D eigenvalue weighted by Crippen LogP contribution is 2.22. The van der Waals surface area contributed by atoms with Crippen molar-refractivity contribution in [3.63, 3.8) is 0 Å². The largest absolute Gasteiger partial charge is 0.280 e. The summed E-state index contributed by atoms with van der Waals surface area (Å²) in [4.78, 5) is 2.33. The van der Waals surface area contributed by atoms with E-state index in [9.17, 15) is 0 Å². The Hall–Kier alpha value is -2.57. The predicted octanol–water partition coefficient (Wildman–Crippen LogP) is 3.55. The topological polar surface area (TPSA) is 38.9 Å². The summed E-state index contributed by atoms with van der Waals surface area (Å²) < 4.78 is 4.10. The summed E-state index contributed by atoms with van der Waals surface area (Å²) >= 11 is 5.53. The first-order valence-corrected chi connectivity index (χ1v) is 8.77. The van der Waals surface area contributed by atoms with Crippen molar-refractivity contribution >= 4 is 17.8 Å². The van der Waals surface area contributed by atoms with Gasteiger partial charge in [0, 0.05) is 13.1 Å². The van der Waals surface area contributed by atoms with Gasteiger partial charge in [-0.15, -0.1) is 0 Å². The molecule has 0 amide bonds. The molecule has 0 aliphatic carbocycles. The monoisotopic (exact) mass is 349 g/mol. The van der Waals surface area contributed by atoms with E-state index in [1.807, 2.05) is 30.3 Å². The summed E-state index contributed by atoms with van der Waals surface area (Å²) in [5.41, 5.74) is 3.66. The van der Waals surface area contributed by atoms with Gasteiger partial charge >= 0.3 is 0 Å². The molecule has 3 aromatic rings. The fraction of sp³-hybridized carbons (Fsp3) is 0.211. The third-order valence-corrected chi connectivity index (χ3v) is 4.80. The van der Waals surface area contributed by atoms with E-state index in [1.165, 1.54) is 11.1 Å². The molecule has 1 aliphatic rings. The lowest BCUT2D eigenvalue weighted by Crippen LogP contribution is -2.31. The second kappa shape index (κ2) is 7.13. The molecule has 25 heavy (non-hydrogen) atoms. The maximum absolute atomic E-state index is 5.53. The van der Waals surface area contributed by atoms with Gasteiger partial charge in [0.2, 0.25) is 4.77 Å². The fourth-order valence-corrected chi connectivity index (χ4v) is 3.27. The molecule has 126 valence electrons. The number of nitrogens with zero attached hydrogens (tertiary/aromatic N) is 5. The lowest BCUT2D eigenvalue weighted by molar-refractivity contribution is 0.224. The normalized spacial score (nSPS) is 15.1. The summed E-state index contributed by atoms with van der Waals surface area (Å²) in [6.45, 7) is 2.54. The molecule has 2 aromatic carbocycles. The summed E-state index contributed by atoms with van der Waals surface area (Å²) in [5, 5.41) is 8.42. The zero-order valence-corrected chi connectivity index (χ0v) is 14.6. The quantitative estimate of drug-likeness (QED) is 0.675. The first-order valence-electron chi connectivity index (χ1n) is 8.36. The maximum atomic E-state index is 5.53. The van der Waals surface area contributed by atoms with Gasteiger partial charge in [0.25, 0.3) is 0 Å². The van der Waals surface area contributed by atoms with Crippen LogP contribution in [0.3, 0.4) is 0 Å². The smallest absolute Gasteiger partial charge is 0.221 e. The molecular weight excluding hydrogens is 330 g/mol. The highest BCUT2D eigenvalue weighted by atomic mass is 32.1. The Labute approximate surface area is 151 Å². The van der Waals surface area contributed by atoms with Crippen molar-refractivity contribution < 1.29 is 0 Å². The van der Waals surface area contributed by atoms with Crippen LogP contribution < -0.4 is 0 Å². The third kappa shape index (κ3) is 3.45. The van der Waals surface area contributed by atoms with Crippen LogP contribution in [0.1, 0.15) is 12.0 Å². The van der Waals surface area contributed by atoms with Crippen molar-refractivity contribution in [3.8, 4) is 5.69 Å². The van der Waals surface area contributed by atoms with Crippen LogP contribution in [-0.4, -0.2) is 37.8 Å². The average Bonchev–Trinajstić information content (AvgIpc) is 3.04. The summed E-state index contributed by atoms with van der Waals surface area (Å²) in [6, 6.07) is 20.4. The summed E-state index contributed by atoms with van der Waals surface area (Å²) in [7, 11) is 0. The highest BCUT2D eigenvalue weighted by molar-refractivity contribution is 7.71. The Balaban J connectivity index is 1.47. The number of tetrazole rings is 1. The molecule has 0 atom stereocenters. The molecule has 0 unspecified atom stereocenters. The minimum atomic E-state index is 0.615. The van der Waals surface area contributed by atoms with Crippen molar-refractivity contribution in [2.75, 3.05) is 13.1 Å². The van der Waals surface area contributed by atoms with E-state index in [2.05, 4.69) is 51.7 Å². The van der Waals surface area contributed by atoms with Gasteiger partial charge < -0.3 is 0 Å². The summed E-state index contributed by atoms with van der Waals surface area (Å²) in [5.74, 6) is 0. The maximum Gasteiger partial charge on any atom is 0.221 e. The number of aromatic nitrogens is 4. The van der Waals surface area contributed by atoms with Gasteiger partial charge in [-0.2, -0.15) is 4.68 Å². The third-order valence-electron chi connectivity index (χ3n) is 4.41. The van der Waals surface area contributed by atoms with Crippen LogP contribution in [0.25, 0.3) is 11.3 Å². The van der Waals surface area contributed by atoms with E-state index in [1.54, 1.807) is 9.36 Å². The second-order valence-corrected chi connectivity index (χ2v) is 6.44. The van der Waals surface area contributed by atoms with E-state index < -0.39 is 0 Å². The van der Waals surface area contributed by atoms with Gasteiger partial charge in [-0.05, 0) is 52.3 Å². The van der Waals surface area contributed by atoms with Crippen molar-refractivity contribution in [2.24, 2.45) is 0 Å². The predicted molar refractivity (Wildman–Crippen MR) is 101 cm³/mol. The Bertz CT molecular complexity index is 927. The Morgan fingerprint density at radius 3 is 2.32 bits per heavy atom. The van der Waals surface area contributed by atoms with Gasteiger partial charge in [-0.1, -0.05) is 54.6 Å². The van der Waals surface area contributed by atoms with Gasteiger partial charge in [0.05, 0.1) is 12.4 Å². The molecule has 0 radical (unpaired) electrons. The molecule has 4 rings (SSSR count). The van der Waals surface area contributed by atoms with Crippen molar-refractivity contribution in [1.29, 1.82) is 0 Å². The number of rotatable bonds is 4. The van der Waals surface area contributed by atoms with E-state index >= 15 is 0 Å². The Kier molecular flexibility index (Phi) is 4.54. The van der Waals surface area contributed by atoms with Crippen LogP contribution in [0, 0.1) is 4.77 Å². The zero-order valence-electron chi connectivity index (χ0n) is 13.8. The molecule has 0 saturated heterocycles. The van der Waals surface area contributed by atoms with Gasteiger partial charge in [0.1, 0.15) is 0 Å². The van der Waals surface area contributed by atoms with E-state index in [0.29, 0.717) is 11.4 Å². The SMILES string of the molecule is S=c1n(CN2CC=C(c3ccccc3)CC2)nnn1-c1ccccc1. The lowest BCUT2D eigenvalue weighted by atomic mass is 10.00. The van der Waals surface area contributed by atoms with Gasteiger partial charge in [0.15, 0.2) is 0 Å². The molecule has 1 aliphatic heterocycles. The van der Waals surface area contributed by atoms with Crippen molar-refractivity contribution in [1.82, 2.24) is 24.7 Å². The first-order chi connectivity index (χ1) is 12.3. The minimum Gasteiger partial charge on any atom is -0.280 e. The minimum absolute atomic E-state index is 0.615. The fourth-order valence-electron chi connectivity index (χ4n) is 3.04. The number of benzene rings is 2. The average molecular weight is 349 g/mol. The highest BCUT2D eigenvalue weighted by Gasteiger charge is 2.15. The van der Waals surface area contributed by atoms with Crippen LogP contribution in [0.4, 0.5) is 0 Å². The molecule has 1 aromatic heterocycles. The first kappa shape index (κ1) is 15.9. The van der Waals surface area contributed by atoms with Crippen molar-refractivity contribution in [2.45, 2.75) is 13.1 Å². The van der Waals surface area contributed by atoms with E-state index in [4.69, 9.17) is 12.2 Å². The molecule has 0 bridgehead atoms. The van der Waals surface area contributed by atoms with Gasteiger partial charge in [-0.25, -0.2) is 4.68 Å². The Morgan fingerprint density at radius 2 is 1.64 bits per heavy atom. The number of hydrogen-bond acceptors (Lipinski definition) is 4. The molecule has 6 heteroatoms. The molecule has 0 fully saturated rings. The van der Waals surface area contributed by atoms with Gasteiger partial charge in [-0.3, -0.25) is 4.90 Å². The van der Waals surface area contributed by atoms with Crippen LogP contribution >= 0.6 is 12.2 Å². The van der Waals surface area contributed by atoms with Crippen LogP contribution in [0.2, 0.25) is 0 Å². The molecule has 5 nitrogen and oxygen atoms in total. The van der Waals surface area contributed by atoms with Crippen molar-refractivity contribution in [3.05, 3.63) is 77.1 Å². The van der Waals surface area contributed by atoms with Crippen LogP contribution in [0.5, 0.6) is 0 Å². The molecule has 2 heterocycles. The molecule has 0 saturated carbocycles. The molecule has 0 N–H and O–H groups in total. The van der Waals surface area contributed by atoms with Crippen LogP contribution in [-0.2, 0) is 6.67 Å². The summed E-state index contributed by atoms with van der Waals surface area (Å²) in [6.07, 6.45) is 3.33. The van der Waals surface area contributed by atoms with Crippen LogP contribution in [0.15, 0.2) is 66.7 Å².